The Bertz CT molecular complexity index is 495. The van der Waals surface area contributed by atoms with Crippen LogP contribution < -0.4 is 0 Å². The molecule has 0 amide bonds. The second-order valence-electron chi connectivity index (χ2n) is 8.02. The van der Waals surface area contributed by atoms with Gasteiger partial charge in [0.1, 0.15) is 0 Å². The molecule has 0 saturated carbocycles. The summed E-state index contributed by atoms with van der Waals surface area (Å²) in [6.45, 7) is 2.22. The molecule has 4 atom stereocenters. The molecule has 28 heavy (non-hydrogen) atoms. The van der Waals surface area contributed by atoms with Crippen molar-refractivity contribution >= 4 is 5.97 Å². The molecule has 1 aliphatic rings. The summed E-state index contributed by atoms with van der Waals surface area (Å²) in [6.07, 6.45) is 22.3. The van der Waals surface area contributed by atoms with Gasteiger partial charge in [-0.3, -0.25) is 4.79 Å². The molecule has 0 fully saturated rings. The number of unbranched alkanes of at least 4 members (excludes halogenated alkanes) is 5. The van der Waals surface area contributed by atoms with Crippen molar-refractivity contribution in [2.75, 3.05) is 0 Å². The number of aliphatic hydroxyl groups is 2. The Hall–Kier alpha value is -1.39. The van der Waals surface area contributed by atoms with E-state index >= 15 is 0 Å². The third kappa shape index (κ3) is 11.5. The van der Waals surface area contributed by atoms with E-state index in [-0.39, 0.29) is 24.4 Å². The van der Waals surface area contributed by atoms with Crippen LogP contribution in [0.5, 0.6) is 0 Å². The number of carboxylic acids is 1. The van der Waals surface area contributed by atoms with Crippen molar-refractivity contribution in [3.63, 3.8) is 0 Å². The van der Waals surface area contributed by atoms with E-state index in [0.29, 0.717) is 12.8 Å². The summed E-state index contributed by atoms with van der Waals surface area (Å²) in [5.74, 6) is -0.418. The van der Waals surface area contributed by atoms with Crippen LogP contribution in [0.25, 0.3) is 0 Å². The molecule has 4 heteroatoms. The Labute approximate surface area is 171 Å². The monoisotopic (exact) mass is 392 g/mol. The molecule has 0 aromatic rings. The minimum absolute atomic E-state index is 0.110. The highest BCUT2D eigenvalue weighted by Crippen LogP contribution is 2.31. The van der Waals surface area contributed by atoms with E-state index in [9.17, 15) is 15.0 Å². The molecule has 0 aromatic heterocycles. The van der Waals surface area contributed by atoms with Crippen LogP contribution in [0.4, 0.5) is 0 Å². The summed E-state index contributed by atoms with van der Waals surface area (Å²) in [5.41, 5.74) is 0. The standard InChI is InChI=1S/C24H40O4/c1-2-3-4-5-6-7-15-21(25)16-10-8-13-20-14-9-11-17-22(20)23(26)18-12-19-24(27)28/h8-11,13,16,20-23,25-26H,2-7,12,14-15,17-19H2,1H3,(H,27,28)/t20-,21?,22-,23?/m1/s1. The first kappa shape index (κ1) is 24.6. The van der Waals surface area contributed by atoms with Crippen LogP contribution in [-0.2, 0) is 4.79 Å². The third-order valence-corrected chi connectivity index (χ3v) is 5.57. The lowest BCUT2D eigenvalue weighted by Crippen LogP contribution is -2.28. The average molecular weight is 393 g/mol. The van der Waals surface area contributed by atoms with Crippen LogP contribution in [0.3, 0.4) is 0 Å². The van der Waals surface area contributed by atoms with E-state index in [1.165, 1.54) is 32.1 Å². The minimum atomic E-state index is -0.808. The molecule has 160 valence electrons. The molecule has 1 rings (SSSR count). The van der Waals surface area contributed by atoms with Crippen LogP contribution in [-0.4, -0.2) is 33.5 Å². The van der Waals surface area contributed by atoms with Gasteiger partial charge in [-0.05, 0) is 43.9 Å². The molecule has 2 unspecified atom stereocenters. The molecule has 3 N–H and O–H groups in total. The molecule has 0 spiro atoms. The number of aliphatic hydroxyl groups excluding tert-OH is 2. The van der Waals surface area contributed by atoms with Gasteiger partial charge in [-0.15, -0.1) is 0 Å². The molecule has 0 radical (unpaired) electrons. The maximum Gasteiger partial charge on any atom is 0.303 e. The average Bonchev–Trinajstić information content (AvgIpc) is 2.68. The number of carbonyl (C=O) groups is 1. The van der Waals surface area contributed by atoms with Crippen LogP contribution in [0, 0.1) is 11.8 Å². The van der Waals surface area contributed by atoms with Crippen molar-refractivity contribution in [1.82, 2.24) is 0 Å². The Balaban J connectivity index is 2.33. The Kier molecular flexibility index (Phi) is 13.7. The lowest BCUT2D eigenvalue weighted by Gasteiger charge is -2.30. The topological polar surface area (TPSA) is 77.8 Å². The summed E-state index contributed by atoms with van der Waals surface area (Å²) < 4.78 is 0. The van der Waals surface area contributed by atoms with E-state index in [1.54, 1.807) is 0 Å². The van der Waals surface area contributed by atoms with Crippen molar-refractivity contribution < 1.29 is 20.1 Å². The van der Waals surface area contributed by atoms with Gasteiger partial charge in [0.25, 0.3) is 0 Å². The van der Waals surface area contributed by atoms with Gasteiger partial charge < -0.3 is 15.3 Å². The van der Waals surface area contributed by atoms with Crippen LogP contribution in [0.15, 0.2) is 36.5 Å². The highest BCUT2D eigenvalue weighted by molar-refractivity contribution is 5.66. The largest absolute Gasteiger partial charge is 0.481 e. The molecule has 0 heterocycles. The van der Waals surface area contributed by atoms with Crippen molar-refractivity contribution in [2.45, 2.75) is 96.2 Å². The number of aliphatic carboxylic acids is 1. The van der Waals surface area contributed by atoms with Crippen LogP contribution in [0.1, 0.15) is 84.0 Å². The predicted molar refractivity (Wildman–Crippen MR) is 115 cm³/mol. The van der Waals surface area contributed by atoms with Gasteiger partial charge in [0.05, 0.1) is 12.2 Å². The third-order valence-electron chi connectivity index (χ3n) is 5.57. The van der Waals surface area contributed by atoms with Gasteiger partial charge in [0.15, 0.2) is 0 Å². The summed E-state index contributed by atoms with van der Waals surface area (Å²) in [7, 11) is 0. The highest BCUT2D eigenvalue weighted by atomic mass is 16.4. The van der Waals surface area contributed by atoms with Crippen molar-refractivity contribution in [1.29, 1.82) is 0 Å². The summed E-state index contributed by atoms with van der Waals surface area (Å²) in [6, 6.07) is 0. The second-order valence-corrected chi connectivity index (χ2v) is 8.02. The quantitative estimate of drug-likeness (QED) is 0.198. The molecule has 0 saturated heterocycles. The maximum absolute atomic E-state index is 10.6. The molecule has 0 bridgehead atoms. The first-order valence-electron chi connectivity index (χ1n) is 11.1. The van der Waals surface area contributed by atoms with Gasteiger partial charge in [-0.25, -0.2) is 0 Å². The van der Waals surface area contributed by atoms with Gasteiger partial charge in [-0.2, -0.15) is 0 Å². The van der Waals surface area contributed by atoms with Crippen LogP contribution in [0.2, 0.25) is 0 Å². The fourth-order valence-electron chi connectivity index (χ4n) is 3.83. The smallest absolute Gasteiger partial charge is 0.303 e. The van der Waals surface area contributed by atoms with Gasteiger partial charge in [-0.1, -0.05) is 81.9 Å². The molecule has 0 aromatic carbocycles. The second kappa shape index (κ2) is 15.5. The van der Waals surface area contributed by atoms with E-state index in [2.05, 4.69) is 25.2 Å². The molecular formula is C24H40O4. The Morgan fingerprint density at radius 3 is 2.46 bits per heavy atom. The van der Waals surface area contributed by atoms with Crippen LogP contribution >= 0.6 is 0 Å². The Morgan fingerprint density at radius 2 is 1.71 bits per heavy atom. The van der Waals surface area contributed by atoms with E-state index in [0.717, 1.165) is 25.7 Å². The normalized spacial score (nSPS) is 22.1. The lowest BCUT2D eigenvalue weighted by molar-refractivity contribution is -0.137. The SMILES string of the molecule is CCCCCCCCC(O)C=CC=C[C@@H]1CC=CC[C@H]1C(O)CCCC(=O)O. The summed E-state index contributed by atoms with van der Waals surface area (Å²) in [5, 5.41) is 29.3. The number of allylic oxidation sites excluding steroid dienone is 5. The predicted octanol–water partition coefficient (Wildman–Crippen LogP) is 5.41. The number of carboxylic acid groups (broad SMARTS) is 1. The molecular weight excluding hydrogens is 352 g/mol. The zero-order chi connectivity index (χ0) is 20.6. The zero-order valence-corrected chi connectivity index (χ0v) is 17.5. The fourth-order valence-corrected chi connectivity index (χ4v) is 3.83. The van der Waals surface area contributed by atoms with Gasteiger partial charge in [0.2, 0.25) is 0 Å². The van der Waals surface area contributed by atoms with E-state index in [4.69, 9.17) is 5.11 Å². The summed E-state index contributed by atoms with van der Waals surface area (Å²) in [4.78, 5) is 10.6. The molecule has 0 aliphatic heterocycles. The fraction of sp³-hybridized carbons (Fsp3) is 0.708. The molecule has 4 nitrogen and oxygen atoms in total. The van der Waals surface area contributed by atoms with E-state index < -0.39 is 12.1 Å². The number of hydrogen-bond donors (Lipinski definition) is 3. The van der Waals surface area contributed by atoms with Gasteiger partial charge >= 0.3 is 5.97 Å². The first-order valence-corrected chi connectivity index (χ1v) is 11.1. The minimum Gasteiger partial charge on any atom is -0.481 e. The number of hydrogen-bond acceptors (Lipinski definition) is 3. The van der Waals surface area contributed by atoms with Crippen molar-refractivity contribution in [3.8, 4) is 0 Å². The van der Waals surface area contributed by atoms with E-state index in [1.807, 2.05) is 18.2 Å². The summed E-state index contributed by atoms with van der Waals surface area (Å²) >= 11 is 0. The van der Waals surface area contributed by atoms with Gasteiger partial charge in [0, 0.05) is 6.42 Å². The van der Waals surface area contributed by atoms with Crippen molar-refractivity contribution in [2.24, 2.45) is 11.8 Å². The zero-order valence-electron chi connectivity index (χ0n) is 17.5. The maximum atomic E-state index is 10.6. The van der Waals surface area contributed by atoms with Crippen molar-refractivity contribution in [3.05, 3.63) is 36.5 Å². The lowest BCUT2D eigenvalue weighted by atomic mass is 9.78. The highest BCUT2D eigenvalue weighted by Gasteiger charge is 2.26. The number of rotatable bonds is 15. The first-order chi connectivity index (χ1) is 13.5. The Morgan fingerprint density at radius 1 is 1.00 bits per heavy atom. The molecule has 1 aliphatic carbocycles.